The van der Waals surface area contributed by atoms with Crippen LogP contribution in [0.25, 0.3) is 0 Å². The zero-order valence-corrected chi connectivity index (χ0v) is 11.6. The van der Waals surface area contributed by atoms with Gasteiger partial charge in [-0.3, -0.25) is 0 Å². The van der Waals surface area contributed by atoms with E-state index in [-0.39, 0.29) is 6.61 Å². The van der Waals surface area contributed by atoms with E-state index in [2.05, 4.69) is 53.8 Å². The van der Waals surface area contributed by atoms with Gasteiger partial charge in [-0.1, -0.05) is 60.7 Å². The highest BCUT2D eigenvalue weighted by atomic mass is 16.3. The number of nitrogens with one attached hydrogen (secondary N) is 1. The first kappa shape index (κ1) is 13.3. The van der Waals surface area contributed by atoms with E-state index >= 15 is 0 Å². The van der Waals surface area contributed by atoms with E-state index in [1.807, 2.05) is 12.1 Å². The lowest BCUT2D eigenvalue weighted by Gasteiger charge is -2.36. The molecule has 2 aromatic rings. The number of aliphatic hydroxyl groups is 1. The molecule has 1 aliphatic heterocycles. The van der Waals surface area contributed by atoms with E-state index < -0.39 is 0 Å². The van der Waals surface area contributed by atoms with Crippen molar-refractivity contribution in [3.05, 3.63) is 71.8 Å². The molecule has 0 bridgehead atoms. The maximum Gasteiger partial charge on any atom is 0.0460 e. The molecule has 0 radical (unpaired) electrons. The minimum Gasteiger partial charge on any atom is -0.396 e. The van der Waals surface area contributed by atoms with E-state index in [0.29, 0.717) is 18.0 Å². The van der Waals surface area contributed by atoms with Gasteiger partial charge >= 0.3 is 0 Å². The molecular formula is C18H21NO. The molecule has 2 N–H and O–H groups in total. The third kappa shape index (κ3) is 2.92. The predicted octanol–water partition coefficient (Wildman–Crippen LogP) is 3.46. The second kappa shape index (κ2) is 6.21. The van der Waals surface area contributed by atoms with Crippen LogP contribution >= 0.6 is 0 Å². The molecule has 20 heavy (non-hydrogen) atoms. The van der Waals surface area contributed by atoms with Crippen LogP contribution in [0, 0.1) is 5.92 Å². The quantitative estimate of drug-likeness (QED) is 0.892. The van der Waals surface area contributed by atoms with Crippen molar-refractivity contribution in [2.45, 2.75) is 24.9 Å². The molecule has 2 nitrogen and oxygen atoms in total. The Labute approximate surface area is 120 Å². The fraction of sp³-hybridized carbons (Fsp3) is 0.333. The Hall–Kier alpha value is -1.64. The molecule has 1 saturated heterocycles. The lowest BCUT2D eigenvalue weighted by molar-refractivity contribution is 0.152. The summed E-state index contributed by atoms with van der Waals surface area (Å²) in [5.74, 6) is 0.367. The Morgan fingerprint density at radius 1 is 0.800 bits per heavy atom. The summed E-state index contributed by atoms with van der Waals surface area (Å²) in [7, 11) is 0. The largest absolute Gasteiger partial charge is 0.396 e. The van der Waals surface area contributed by atoms with Gasteiger partial charge in [-0.25, -0.2) is 0 Å². The van der Waals surface area contributed by atoms with Crippen molar-refractivity contribution >= 4 is 0 Å². The summed E-state index contributed by atoms with van der Waals surface area (Å²) in [5, 5.41) is 13.3. The first-order valence-corrected chi connectivity index (χ1v) is 7.33. The van der Waals surface area contributed by atoms with E-state index in [1.54, 1.807) is 0 Å². The molecular weight excluding hydrogens is 246 g/mol. The summed E-state index contributed by atoms with van der Waals surface area (Å²) in [6.45, 7) is 0.272. The summed E-state index contributed by atoms with van der Waals surface area (Å²) in [5.41, 5.74) is 2.62. The molecule has 104 valence electrons. The van der Waals surface area contributed by atoms with Crippen LogP contribution in [0.5, 0.6) is 0 Å². The Balaban J connectivity index is 1.83. The average Bonchev–Trinajstić information content (AvgIpc) is 2.56. The van der Waals surface area contributed by atoms with Crippen LogP contribution < -0.4 is 5.32 Å². The third-order valence-corrected chi connectivity index (χ3v) is 4.20. The van der Waals surface area contributed by atoms with Crippen LogP contribution in [0.4, 0.5) is 0 Å². The second-order valence-corrected chi connectivity index (χ2v) is 5.61. The number of hydrogen-bond donors (Lipinski definition) is 2. The molecule has 3 rings (SSSR count). The zero-order valence-electron chi connectivity index (χ0n) is 11.6. The summed E-state index contributed by atoms with van der Waals surface area (Å²) >= 11 is 0. The Bertz CT molecular complexity index is 478. The first-order chi connectivity index (χ1) is 9.86. The molecule has 0 spiro atoms. The second-order valence-electron chi connectivity index (χ2n) is 5.61. The maximum atomic E-state index is 9.59. The molecule has 2 atom stereocenters. The van der Waals surface area contributed by atoms with Crippen molar-refractivity contribution in [3.63, 3.8) is 0 Å². The summed E-state index contributed by atoms with van der Waals surface area (Å²) in [4.78, 5) is 0. The van der Waals surface area contributed by atoms with Gasteiger partial charge in [0.05, 0.1) is 0 Å². The van der Waals surface area contributed by atoms with Crippen LogP contribution in [-0.2, 0) is 0 Å². The average molecular weight is 267 g/mol. The third-order valence-electron chi connectivity index (χ3n) is 4.20. The van der Waals surface area contributed by atoms with Gasteiger partial charge in [-0.2, -0.15) is 0 Å². The van der Waals surface area contributed by atoms with Gasteiger partial charge in [0, 0.05) is 18.7 Å². The minimum atomic E-state index is 0.272. The topological polar surface area (TPSA) is 32.3 Å². The summed E-state index contributed by atoms with van der Waals surface area (Å²) < 4.78 is 0. The lowest BCUT2D eigenvalue weighted by atomic mass is 9.83. The molecule has 1 aliphatic rings. The van der Waals surface area contributed by atoms with Crippen molar-refractivity contribution in [2.24, 2.45) is 5.92 Å². The number of hydrogen-bond acceptors (Lipinski definition) is 2. The number of rotatable bonds is 3. The van der Waals surface area contributed by atoms with Crippen molar-refractivity contribution < 1.29 is 5.11 Å². The molecule has 2 aromatic carbocycles. The molecule has 0 unspecified atom stereocenters. The van der Waals surface area contributed by atoms with Gasteiger partial charge in [0.25, 0.3) is 0 Å². The Kier molecular flexibility index (Phi) is 4.14. The van der Waals surface area contributed by atoms with Crippen molar-refractivity contribution in [2.75, 3.05) is 6.61 Å². The number of benzene rings is 2. The van der Waals surface area contributed by atoms with Crippen molar-refractivity contribution in [1.82, 2.24) is 5.32 Å². The monoisotopic (exact) mass is 267 g/mol. The molecule has 2 heteroatoms. The Morgan fingerprint density at radius 3 is 1.65 bits per heavy atom. The molecule has 0 amide bonds. The van der Waals surface area contributed by atoms with Gasteiger partial charge in [0.1, 0.15) is 0 Å². The molecule has 0 saturated carbocycles. The molecule has 1 fully saturated rings. The summed E-state index contributed by atoms with van der Waals surface area (Å²) in [6.07, 6.45) is 2.01. The lowest BCUT2D eigenvalue weighted by Crippen LogP contribution is -2.36. The maximum absolute atomic E-state index is 9.59. The first-order valence-electron chi connectivity index (χ1n) is 7.33. The van der Waals surface area contributed by atoms with Gasteiger partial charge in [0.15, 0.2) is 0 Å². The zero-order chi connectivity index (χ0) is 13.8. The molecule has 0 aliphatic carbocycles. The van der Waals surface area contributed by atoms with Crippen molar-refractivity contribution in [3.8, 4) is 0 Å². The highest BCUT2D eigenvalue weighted by molar-refractivity contribution is 5.24. The van der Waals surface area contributed by atoms with Gasteiger partial charge in [-0.15, -0.1) is 0 Å². The van der Waals surface area contributed by atoms with Crippen LogP contribution in [-0.4, -0.2) is 11.7 Å². The normalized spacial score (nSPS) is 26.4. The summed E-state index contributed by atoms with van der Waals surface area (Å²) in [6, 6.07) is 21.7. The van der Waals surface area contributed by atoms with Crippen molar-refractivity contribution in [1.29, 1.82) is 0 Å². The van der Waals surface area contributed by atoms with Gasteiger partial charge in [0.2, 0.25) is 0 Å². The standard InChI is InChI=1S/C18H21NO/c20-13-14-11-17(15-7-3-1-4-8-15)19-18(12-14)16-9-5-2-6-10-16/h1-10,14,17-20H,11-13H2/t17-,18-/m1/s1. The highest BCUT2D eigenvalue weighted by Crippen LogP contribution is 2.35. The van der Waals surface area contributed by atoms with Crippen LogP contribution in [0.2, 0.25) is 0 Å². The molecule has 0 aromatic heterocycles. The van der Waals surface area contributed by atoms with Gasteiger partial charge in [-0.05, 0) is 29.9 Å². The van der Waals surface area contributed by atoms with E-state index in [1.165, 1.54) is 11.1 Å². The molecule has 1 heterocycles. The highest BCUT2D eigenvalue weighted by Gasteiger charge is 2.29. The fourth-order valence-corrected chi connectivity index (χ4v) is 3.13. The predicted molar refractivity (Wildman–Crippen MR) is 81.3 cm³/mol. The minimum absolute atomic E-state index is 0.272. The van der Waals surface area contributed by atoms with Crippen LogP contribution in [0.15, 0.2) is 60.7 Å². The van der Waals surface area contributed by atoms with Crippen LogP contribution in [0.1, 0.15) is 36.1 Å². The SMILES string of the molecule is OCC1C[C@H](c2ccccc2)N[C@@H](c2ccccc2)C1. The van der Waals surface area contributed by atoms with E-state index in [9.17, 15) is 5.11 Å². The van der Waals surface area contributed by atoms with E-state index in [4.69, 9.17) is 0 Å². The van der Waals surface area contributed by atoms with E-state index in [0.717, 1.165) is 12.8 Å². The smallest absolute Gasteiger partial charge is 0.0460 e. The Morgan fingerprint density at radius 2 is 1.25 bits per heavy atom. The van der Waals surface area contributed by atoms with Crippen LogP contribution in [0.3, 0.4) is 0 Å². The number of piperidine rings is 1. The number of aliphatic hydroxyl groups excluding tert-OH is 1. The van der Waals surface area contributed by atoms with Gasteiger partial charge < -0.3 is 10.4 Å². The fourth-order valence-electron chi connectivity index (χ4n) is 3.13.